The van der Waals surface area contributed by atoms with E-state index in [2.05, 4.69) is 4.98 Å². The standard InChI is InChI=1S/C14H18F3N3OS/c1-22-10-13(21)20-6-2-5-19(7-8-20)12-4-3-11(9-18-12)14(15,16)17/h3-4,9H,2,5-8,10H2,1H3. The van der Waals surface area contributed by atoms with Gasteiger partial charge in [0, 0.05) is 32.4 Å². The van der Waals surface area contributed by atoms with Crippen molar-refractivity contribution in [2.24, 2.45) is 0 Å². The molecule has 0 spiro atoms. The zero-order chi connectivity index (χ0) is 16.2. The molecule has 2 heterocycles. The fourth-order valence-corrected chi connectivity index (χ4v) is 2.78. The molecule has 122 valence electrons. The third-order valence-electron chi connectivity index (χ3n) is 3.52. The molecule has 4 nitrogen and oxygen atoms in total. The number of pyridine rings is 1. The van der Waals surface area contributed by atoms with E-state index in [1.165, 1.54) is 17.8 Å². The highest BCUT2D eigenvalue weighted by molar-refractivity contribution is 7.99. The first-order valence-electron chi connectivity index (χ1n) is 6.96. The summed E-state index contributed by atoms with van der Waals surface area (Å²) in [7, 11) is 0. The number of rotatable bonds is 3. The molecule has 1 amide bonds. The predicted molar refractivity (Wildman–Crippen MR) is 81.0 cm³/mol. The Hall–Kier alpha value is -1.44. The number of aromatic nitrogens is 1. The maximum Gasteiger partial charge on any atom is 0.417 e. The Bertz CT molecular complexity index is 507. The third kappa shape index (κ3) is 4.28. The molecule has 0 unspecified atom stereocenters. The molecule has 1 aromatic heterocycles. The number of hydrogen-bond acceptors (Lipinski definition) is 4. The van der Waals surface area contributed by atoms with Gasteiger partial charge < -0.3 is 9.80 Å². The minimum atomic E-state index is -4.37. The fourth-order valence-electron chi connectivity index (χ4n) is 2.35. The van der Waals surface area contributed by atoms with Crippen molar-refractivity contribution in [2.75, 3.05) is 43.1 Å². The molecule has 0 atom stereocenters. The number of carbonyl (C=O) groups is 1. The number of halogens is 3. The van der Waals surface area contributed by atoms with Crippen molar-refractivity contribution < 1.29 is 18.0 Å². The van der Waals surface area contributed by atoms with Crippen molar-refractivity contribution >= 4 is 23.5 Å². The quantitative estimate of drug-likeness (QED) is 0.852. The van der Waals surface area contributed by atoms with E-state index in [1.54, 1.807) is 4.90 Å². The minimum absolute atomic E-state index is 0.106. The molecule has 0 saturated carbocycles. The fraction of sp³-hybridized carbons (Fsp3) is 0.571. The molecule has 0 bridgehead atoms. The summed E-state index contributed by atoms with van der Waals surface area (Å²) in [6.07, 6.45) is -0.848. The van der Waals surface area contributed by atoms with Crippen LogP contribution in [0.4, 0.5) is 19.0 Å². The molecule has 0 aromatic carbocycles. The van der Waals surface area contributed by atoms with E-state index >= 15 is 0 Å². The summed E-state index contributed by atoms with van der Waals surface area (Å²) in [5, 5.41) is 0. The number of thioether (sulfide) groups is 1. The summed E-state index contributed by atoms with van der Waals surface area (Å²) in [6.45, 7) is 2.51. The summed E-state index contributed by atoms with van der Waals surface area (Å²) in [5.74, 6) is 1.08. The van der Waals surface area contributed by atoms with Crippen LogP contribution in [0.5, 0.6) is 0 Å². The van der Waals surface area contributed by atoms with Crippen LogP contribution in [0.3, 0.4) is 0 Å². The molecular formula is C14H18F3N3OS. The highest BCUT2D eigenvalue weighted by atomic mass is 32.2. The molecular weight excluding hydrogens is 315 g/mol. The number of anilines is 1. The van der Waals surface area contributed by atoms with Crippen molar-refractivity contribution in [3.05, 3.63) is 23.9 Å². The van der Waals surface area contributed by atoms with Gasteiger partial charge in [-0.15, -0.1) is 0 Å². The maximum atomic E-state index is 12.5. The normalized spacial score (nSPS) is 16.5. The van der Waals surface area contributed by atoms with Gasteiger partial charge >= 0.3 is 6.18 Å². The summed E-state index contributed by atoms with van der Waals surface area (Å²) < 4.78 is 37.6. The first kappa shape index (κ1) is 16.9. The molecule has 1 fully saturated rings. The van der Waals surface area contributed by atoms with Gasteiger partial charge in [0.25, 0.3) is 0 Å². The highest BCUT2D eigenvalue weighted by Crippen LogP contribution is 2.29. The van der Waals surface area contributed by atoms with E-state index in [0.29, 0.717) is 37.7 Å². The average Bonchev–Trinajstić information content (AvgIpc) is 2.73. The lowest BCUT2D eigenvalue weighted by Crippen LogP contribution is -2.36. The van der Waals surface area contributed by atoms with Crippen LogP contribution in [0, 0.1) is 0 Å². The van der Waals surface area contributed by atoms with Gasteiger partial charge in [-0.05, 0) is 24.8 Å². The lowest BCUT2D eigenvalue weighted by molar-refractivity contribution is -0.137. The molecule has 1 aromatic rings. The van der Waals surface area contributed by atoms with Gasteiger partial charge in [0.05, 0.1) is 11.3 Å². The van der Waals surface area contributed by atoms with Crippen LogP contribution < -0.4 is 4.90 Å². The highest BCUT2D eigenvalue weighted by Gasteiger charge is 2.31. The van der Waals surface area contributed by atoms with Crippen LogP contribution in [0.15, 0.2) is 18.3 Å². The molecule has 2 rings (SSSR count). The van der Waals surface area contributed by atoms with Gasteiger partial charge in [-0.25, -0.2) is 4.98 Å². The largest absolute Gasteiger partial charge is 0.417 e. The molecule has 1 aliphatic rings. The zero-order valence-electron chi connectivity index (χ0n) is 12.3. The minimum Gasteiger partial charge on any atom is -0.355 e. The van der Waals surface area contributed by atoms with Gasteiger partial charge in [0.1, 0.15) is 5.82 Å². The molecule has 0 radical (unpaired) electrons. The van der Waals surface area contributed by atoms with Gasteiger partial charge in [-0.3, -0.25) is 4.79 Å². The summed E-state index contributed by atoms with van der Waals surface area (Å²) in [5.41, 5.74) is -0.747. The number of amides is 1. The first-order valence-corrected chi connectivity index (χ1v) is 8.36. The van der Waals surface area contributed by atoms with Gasteiger partial charge in [0.2, 0.25) is 5.91 Å². The van der Waals surface area contributed by atoms with Crippen molar-refractivity contribution in [1.82, 2.24) is 9.88 Å². The first-order chi connectivity index (χ1) is 10.4. The lowest BCUT2D eigenvalue weighted by atomic mass is 10.2. The number of nitrogens with zero attached hydrogens (tertiary/aromatic N) is 3. The van der Waals surface area contributed by atoms with Crippen molar-refractivity contribution in [2.45, 2.75) is 12.6 Å². The molecule has 8 heteroatoms. The molecule has 1 aliphatic heterocycles. The second-order valence-corrected chi connectivity index (χ2v) is 5.92. The van der Waals surface area contributed by atoms with E-state index < -0.39 is 11.7 Å². The topological polar surface area (TPSA) is 36.4 Å². The number of alkyl halides is 3. The maximum absolute atomic E-state index is 12.5. The van der Waals surface area contributed by atoms with Crippen LogP contribution in [0.1, 0.15) is 12.0 Å². The SMILES string of the molecule is CSCC(=O)N1CCCN(c2ccc(C(F)(F)F)cn2)CC1. The monoisotopic (exact) mass is 333 g/mol. The van der Waals surface area contributed by atoms with Crippen LogP contribution in [-0.2, 0) is 11.0 Å². The smallest absolute Gasteiger partial charge is 0.355 e. The van der Waals surface area contributed by atoms with Crippen LogP contribution in [0.25, 0.3) is 0 Å². The van der Waals surface area contributed by atoms with E-state index in [-0.39, 0.29) is 5.91 Å². The molecule has 1 saturated heterocycles. The van der Waals surface area contributed by atoms with E-state index in [9.17, 15) is 18.0 Å². The summed E-state index contributed by atoms with van der Waals surface area (Å²) in [4.78, 5) is 19.5. The second-order valence-electron chi connectivity index (χ2n) is 5.06. The average molecular weight is 333 g/mol. The van der Waals surface area contributed by atoms with Crippen LogP contribution in [-0.4, -0.2) is 54.0 Å². The Morgan fingerprint density at radius 1 is 1.27 bits per heavy atom. The van der Waals surface area contributed by atoms with E-state index in [1.807, 2.05) is 11.2 Å². The van der Waals surface area contributed by atoms with Crippen LogP contribution in [0.2, 0.25) is 0 Å². The Morgan fingerprint density at radius 3 is 2.64 bits per heavy atom. The lowest BCUT2D eigenvalue weighted by Gasteiger charge is -2.23. The van der Waals surface area contributed by atoms with Crippen molar-refractivity contribution in [1.29, 1.82) is 0 Å². The van der Waals surface area contributed by atoms with Gasteiger partial charge in [-0.1, -0.05) is 0 Å². The summed E-state index contributed by atoms with van der Waals surface area (Å²) in [6, 6.07) is 2.44. The number of hydrogen-bond donors (Lipinski definition) is 0. The predicted octanol–water partition coefficient (Wildman–Crippen LogP) is 2.50. The zero-order valence-corrected chi connectivity index (χ0v) is 13.1. The molecule has 0 N–H and O–H groups in total. The third-order valence-corrected chi connectivity index (χ3v) is 4.05. The Labute approximate surface area is 131 Å². The molecule has 22 heavy (non-hydrogen) atoms. The second kappa shape index (κ2) is 7.21. The number of carbonyl (C=O) groups excluding carboxylic acids is 1. The Kier molecular flexibility index (Phi) is 5.55. The van der Waals surface area contributed by atoms with Crippen LogP contribution >= 0.6 is 11.8 Å². The van der Waals surface area contributed by atoms with E-state index in [0.717, 1.165) is 18.7 Å². The Balaban J connectivity index is 2.00. The van der Waals surface area contributed by atoms with Crippen molar-refractivity contribution in [3.8, 4) is 0 Å². The Morgan fingerprint density at radius 2 is 2.05 bits per heavy atom. The van der Waals surface area contributed by atoms with E-state index in [4.69, 9.17) is 0 Å². The van der Waals surface area contributed by atoms with Crippen molar-refractivity contribution in [3.63, 3.8) is 0 Å². The summed E-state index contributed by atoms with van der Waals surface area (Å²) >= 11 is 1.49. The van der Waals surface area contributed by atoms with Gasteiger partial charge in [-0.2, -0.15) is 24.9 Å². The van der Waals surface area contributed by atoms with Gasteiger partial charge in [0.15, 0.2) is 0 Å². The molecule has 0 aliphatic carbocycles.